The summed E-state index contributed by atoms with van der Waals surface area (Å²) in [4.78, 5) is 12.7. The van der Waals surface area contributed by atoms with Crippen molar-refractivity contribution in [1.29, 1.82) is 5.26 Å². The molecule has 0 saturated carbocycles. The van der Waals surface area contributed by atoms with Crippen molar-refractivity contribution in [2.75, 3.05) is 18.0 Å². The number of non-ortho nitro benzene ring substituents is 1. The Labute approximate surface area is 157 Å². The van der Waals surface area contributed by atoms with Gasteiger partial charge in [0, 0.05) is 44.1 Å². The van der Waals surface area contributed by atoms with E-state index >= 15 is 0 Å². The zero-order valence-electron chi connectivity index (χ0n) is 15.2. The Morgan fingerprint density at radius 3 is 2.89 bits per heavy atom. The molecule has 8 nitrogen and oxygen atoms in total. The minimum Gasteiger partial charge on any atom is -0.370 e. The second-order valence-electron chi connectivity index (χ2n) is 7.29. The number of nitro groups is 1. The largest absolute Gasteiger partial charge is 0.370 e. The number of hydrogen-bond acceptors (Lipinski definition) is 6. The van der Waals surface area contributed by atoms with Crippen molar-refractivity contribution in [2.24, 2.45) is 0 Å². The number of aryl methyl sites for hydroxylation is 1. The molecule has 140 valence electrons. The van der Waals surface area contributed by atoms with E-state index in [0.717, 1.165) is 62.7 Å². The van der Waals surface area contributed by atoms with E-state index in [2.05, 4.69) is 25.7 Å². The van der Waals surface area contributed by atoms with Crippen molar-refractivity contribution in [3.63, 3.8) is 0 Å². The van der Waals surface area contributed by atoms with Crippen LogP contribution in [0.4, 0.5) is 11.4 Å². The minimum atomic E-state index is -0.463. The second-order valence-corrected chi connectivity index (χ2v) is 7.29. The highest BCUT2D eigenvalue weighted by atomic mass is 16.6. The molecule has 1 aromatic carbocycles. The lowest BCUT2D eigenvalue weighted by Crippen LogP contribution is -2.36. The molecule has 1 saturated heterocycles. The fraction of sp³-hybridized carbons (Fsp3) is 0.526. The number of hydrogen-bond donors (Lipinski definition) is 0. The smallest absolute Gasteiger partial charge is 0.270 e. The number of aromatic nitrogens is 3. The highest BCUT2D eigenvalue weighted by Crippen LogP contribution is 2.33. The first-order valence-electron chi connectivity index (χ1n) is 9.53. The fourth-order valence-corrected chi connectivity index (χ4v) is 4.22. The highest BCUT2D eigenvalue weighted by Gasteiger charge is 2.28. The molecule has 27 heavy (non-hydrogen) atoms. The second kappa shape index (κ2) is 7.35. The third-order valence-electron chi connectivity index (χ3n) is 5.58. The lowest BCUT2D eigenvalue weighted by molar-refractivity contribution is -0.384. The van der Waals surface area contributed by atoms with Gasteiger partial charge in [0.05, 0.1) is 16.2 Å². The Kier molecular flexibility index (Phi) is 4.75. The van der Waals surface area contributed by atoms with Crippen LogP contribution in [0.3, 0.4) is 0 Å². The molecule has 0 spiro atoms. The van der Waals surface area contributed by atoms with E-state index in [-0.39, 0.29) is 11.6 Å². The van der Waals surface area contributed by atoms with Crippen LogP contribution >= 0.6 is 0 Å². The maximum Gasteiger partial charge on any atom is 0.270 e. The van der Waals surface area contributed by atoms with Crippen LogP contribution in [0.2, 0.25) is 0 Å². The molecule has 2 aliphatic heterocycles. The summed E-state index contributed by atoms with van der Waals surface area (Å²) in [6.45, 7) is 2.57. The number of rotatable bonds is 3. The highest BCUT2D eigenvalue weighted by molar-refractivity contribution is 5.63. The Hall–Kier alpha value is -2.95. The van der Waals surface area contributed by atoms with Gasteiger partial charge in [0.1, 0.15) is 17.7 Å². The number of anilines is 1. The lowest BCUT2D eigenvalue weighted by atomic mass is 9.95. The Morgan fingerprint density at radius 2 is 2.07 bits per heavy atom. The minimum absolute atomic E-state index is 0.0494. The van der Waals surface area contributed by atoms with Crippen molar-refractivity contribution in [3.05, 3.63) is 45.5 Å². The summed E-state index contributed by atoms with van der Waals surface area (Å²) < 4.78 is 2.29. The van der Waals surface area contributed by atoms with E-state index in [9.17, 15) is 15.4 Å². The molecule has 0 radical (unpaired) electrons. The molecule has 0 aliphatic carbocycles. The van der Waals surface area contributed by atoms with Crippen molar-refractivity contribution < 1.29 is 4.92 Å². The van der Waals surface area contributed by atoms with Crippen LogP contribution in [-0.4, -0.2) is 32.8 Å². The van der Waals surface area contributed by atoms with Crippen LogP contribution in [0.1, 0.15) is 55.2 Å². The number of nitriles is 1. The number of benzene rings is 1. The van der Waals surface area contributed by atoms with Crippen LogP contribution in [-0.2, 0) is 13.0 Å². The molecular weight excluding hydrogens is 344 g/mol. The average molecular weight is 366 g/mol. The van der Waals surface area contributed by atoms with E-state index in [4.69, 9.17) is 0 Å². The molecule has 2 aliphatic rings. The summed E-state index contributed by atoms with van der Waals surface area (Å²) in [5.74, 6) is 2.41. The van der Waals surface area contributed by atoms with Gasteiger partial charge in [-0.15, -0.1) is 10.2 Å². The molecule has 1 unspecified atom stereocenters. The van der Waals surface area contributed by atoms with Crippen LogP contribution in [0.15, 0.2) is 18.2 Å². The number of nitro benzene ring substituents is 1. The molecule has 1 fully saturated rings. The first-order chi connectivity index (χ1) is 13.2. The number of nitrogens with zero attached hydrogens (tertiary/aromatic N) is 6. The first-order valence-corrected chi connectivity index (χ1v) is 9.53. The SMILES string of the molecule is N#Cc1cc([N+](=O)[O-])ccc1N1CCCC(c2nnc3n2CCCCC3)C1. The van der Waals surface area contributed by atoms with Crippen molar-refractivity contribution in [1.82, 2.24) is 14.8 Å². The van der Waals surface area contributed by atoms with Gasteiger partial charge in [-0.1, -0.05) is 6.42 Å². The van der Waals surface area contributed by atoms with Crippen LogP contribution in [0.5, 0.6) is 0 Å². The third kappa shape index (κ3) is 3.37. The average Bonchev–Trinajstić information content (AvgIpc) is 2.96. The maximum absolute atomic E-state index is 11.0. The van der Waals surface area contributed by atoms with E-state index in [1.807, 2.05) is 0 Å². The molecule has 1 atom stereocenters. The van der Waals surface area contributed by atoms with Gasteiger partial charge in [0.15, 0.2) is 0 Å². The first kappa shape index (κ1) is 17.5. The van der Waals surface area contributed by atoms with Gasteiger partial charge in [0.25, 0.3) is 5.69 Å². The van der Waals surface area contributed by atoms with Crippen LogP contribution < -0.4 is 4.90 Å². The van der Waals surface area contributed by atoms with Gasteiger partial charge in [-0.05, 0) is 31.7 Å². The Bertz CT molecular complexity index is 900. The predicted octanol–water partition coefficient (Wildman–Crippen LogP) is 3.17. The van der Waals surface area contributed by atoms with Crippen molar-refractivity contribution in [2.45, 2.75) is 51.0 Å². The molecule has 2 aromatic rings. The fourth-order valence-electron chi connectivity index (χ4n) is 4.22. The van der Waals surface area contributed by atoms with E-state index in [0.29, 0.717) is 5.56 Å². The number of piperidine rings is 1. The van der Waals surface area contributed by atoms with E-state index in [1.165, 1.54) is 25.0 Å². The van der Waals surface area contributed by atoms with Gasteiger partial charge in [-0.25, -0.2) is 0 Å². The zero-order chi connectivity index (χ0) is 18.8. The van der Waals surface area contributed by atoms with Crippen LogP contribution in [0, 0.1) is 21.4 Å². The monoisotopic (exact) mass is 366 g/mol. The number of fused-ring (bicyclic) bond motifs is 1. The quantitative estimate of drug-likeness (QED) is 0.611. The Morgan fingerprint density at radius 1 is 1.19 bits per heavy atom. The summed E-state index contributed by atoms with van der Waals surface area (Å²) in [6, 6.07) is 6.65. The third-order valence-corrected chi connectivity index (χ3v) is 5.58. The van der Waals surface area contributed by atoms with Gasteiger partial charge in [-0.3, -0.25) is 10.1 Å². The molecular formula is C19H22N6O2. The predicted molar refractivity (Wildman–Crippen MR) is 99.6 cm³/mol. The lowest BCUT2D eigenvalue weighted by Gasteiger charge is -2.34. The summed E-state index contributed by atoms with van der Waals surface area (Å²) >= 11 is 0. The Balaban J connectivity index is 1.60. The maximum atomic E-state index is 11.0. The standard InChI is InChI=1S/C19H22N6O2/c20-12-15-11-16(25(26)27)7-8-17(15)23-9-4-5-14(13-23)19-22-21-18-6-2-1-3-10-24(18)19/h7-8,11,14H,1-6,9-10,13H2. The summed E-state index contributed by atoms with van der Waals surface area (Å²) in [5.41, 5.74) is 1.07. The van der Waals surface area contributed by atoms with Gasteiger partial charge in [0.2, 0.25) is 0 Å². The normalized spacial score (nSPS) is 19.8. The van der Waals surface area contributed by atoms with E-state index < -0.39 is 4.92 Å². The molecule has 0 amide bonds. The molecule has 0 bridgehead atoms. The molecule has 3 heterocycles. The van der Waals surface area contributed by atoms with Crippen molar-refractivity contribution in [3.8, 4) is 6.07 Å². The summed E-state index contributed by atoms with van der Waals surface area (Å²) in [7, 11) is 0. The van der Waals surface area contributed by atoms with Crippen LogP contribution in [0.25, 0.3) is 0 Å². The van der Waals surface area contributed by atoms with Gasteiger partial charge >= 0.3 is 0 Å². The molecule has 8 heteroatoms. The molecule has 4 rings (SSSR count). The summed E-state index contributed by atoms with van der Waals surface area (Å²) in [5, 5.41) is 29.4. The summed E-state index contributed by atoms with van der Waals surface area (Å²) in [6.07, 6.45) is 6.59. The van der Waals surface area contributed by atoms with Gasteiger partial charge < -0.3 is 9.47 Å². The van der Waals surface area contributed by atoms with Crippen molar-refractivity contribution >= 4 is 11.4 Å². The molecule has 0 N–H and O–H groups in total. The molecule has 1 aromatic heterocycles. The zero-order valence-corrected chi connectivity index (χ0v) is 15.2. The van der Waals surface area contributed by atoms with E-state index in [1.54, 1.807) is 6.07 Å². The topological polar surface area (TPSA) is 101 Å². The van der Waals surface area contributed by atoms with Gasteiger partial charge in [-0.2, -0.15) is 5.26 Å².